The number of aromatic nitrogens is 1. The summed E-state index contributed by atoms with van der Waals surface area (Å²) in [5.41, 5.74) is 1.52. The number of nitrogens with zero attached hydrogens (tertiary/aromatic N) is 3. The van der Waals surface area contributed by atoms with E-state index in [2.05, 4.69) is 9.88 Å². The van der Waals surface area contributed by atoms with E-state index in [1.54, 1.807) is 36.4 Å². The maximum absolute atomic E-state index is 12.4. The molecule has 27 heavy (non-hydrogen) atoms. The molecule has 2 aliphatic heterocycles. The van der Waals surface area contributed by atoms with Crippen molar-refractivity contribution >= 4 is 17.3 Å². The van der Waals surface area contributed by atoms with Crippen LogP contribution >= 0.6 is 0 Å². The summed E-state index contributed by atoms with van der Waals surface area (Å²) in [6.07, 6.45) is 3.34. The molecular weight excluding hydrogens is 346 g/mol. The van der Waals surface area contributed by atoms with Crippen LogP contribution in [-0.2, 0) is 9.53 Å². The van der Waals surface area contributed by atoms with Crippen molar-refractivity contribution in [2.45, 2.75) is 18.4 Å². The monoisotopic (exact) mass is 369 g/mol. The molecule has 2 saturated heterocycles. The Balaban J connectivity index is 1.46. The fourth-order valence-electron chi connectivity index (χ4n) is 3.74. The zero-order chi connectivity index (χ0) is 18.9. The van der Waals surface area contributed by atoms with Gasteiger partial charge in [0, 0.05) is 24.8 Å². The number of aromatic hydroxyl groups is 1. The van der Waals surface area contributed by atoms with Crippen LogP contribution in [0, 0.1) is 0 Å². The Morgan fingerprint density at radius 3 is 2.44 bits per heavy atom. The molecule has 2 fully saturated rings. The maximum atomic E-state index is 12.4. The van der Waals surface area contributed by atoms with Crippen LogP contribution in [0.25, 0.3) is 0 Å². The molecule has 3 heterocycles. The van der Waals surface area contributed by atoms with Gasteiger partial charge in [0.25, 0.3) is 5.91 Å². The van der Waals surface area contributed by atoms with E-state index in [4.69, 9.17) is 9.47 Å². The number of phenols is 1. The van der Waals surface area contributed by atoms with Crippen LogP contribution in [0.4, 0.5) is 11.4 Å². The molecule has 142 valence electrons. The van der Waals surface area contributed by atoms with E-state index in [0.717, 1.165) is 37.3 Å². The minimum absolute atomic E-state index is 0.0476. The van der Waals surface area contributed by atoms with E-state index in [9.17, 15) is 9.90 Å². The number of anilines is 2. The number of ether oxygens (including phenoxy) is 2. The van der Waals surface area contributed by atoms with Gasteiger partial charge in [-0.2, -0.15) is 0 Å². The van der Waals surface area contributed by atoms with Crippen molar-refractivity contribution in [3.63, 3.8) is 0 Å². The Kier molecular flexibility index (Phi) is 4.61. The third-order valence-electron chi connectivity index (χ3n) is 5.38. The van der Waals surface area contributed by atoms with Crippen molar-refractivity contribution in [2.24, 2.45) is 0 Å². The van der Waals surface area contributed by atoms with Gasteiger partial charge in [-0.05, 0) is 43.2 Å². The molecule has 0 saturated carbocycles. The Morgan fingerprint density at radius 2 is 1.81 bits per heavy atom. The lowest BCUT2D eigenvalue weighted by Crippen LogP contribution is -2.59. The summed E-state index contributed by atoms with van der Waals surface area (Å²) < 4.78 is 11.1. The largest absolute Gasteiger partial charge is 0.508 e. The third-order valence-corrected chi connectivity index (χ3v) is 5.38. The molecule has 2 aromatic rings. The number of morpholine rings is 1. The minimum atomic E-state index is -0.332. The molecule has 0 unspecified atom stereocenters. The first kappa shape index (κ1) is 17.6. The van der Waals surface area contributed by atoms with Gasteiger partial charge in [-0.1, -0.05) is 0 Å². The van der Waals surface area contributed by atoms with Crippen molar-refractivity contribution in [1.82, 2.24) is 4.98 Å². The summed E-state index contributed by atoms with van der Waals surface area (Å²) in [5, 5.41) is 9.46. The molecular formula is C20H23N3O4. The molecule has 0 radical (unpaired) electrons. The van der Waals surface area contributed by atoms with Crippen LogP contribution in [0.3, 0.4) is 0 Å². The predicted molar refractivity (Wildman–Crippen MR) is 101 cm³/mol. The van der Waals surface area contributed by atoms with Crippen molar-refractivity contribution in [2.75, 3.05) is 43.2 Å². The van der Waals surface area contributed by atoms with Crippen LogP contribution in [-0.4, -0.2) is 54.9 Å². The molecule has 4 rings (SSSR count). The topological polar surface area (TPSA) is 75.1 Å². The average Bonchev–Trinajstić information content (AvgIpc) is 2.71. The van der Waals surface area contributed by atoms with E-state index < -0.39 is 0 Å². The molecule has 2 aliphatic rings. The average molecular weight is 369 g/mol. The number of piperidine rings is 1. The second-order valence-electron chi connectivity index (χ2n) is 7.01. The van der Waals surface area contributed by atoms with Gasteiger partial charge in [0.1, 0.15) is 12.4 Å². The molecule has 1 amide bonds. The molecule has 7 heteroatoms. The van der Waals surface area contributed by atoms with Gasteiger partial charge in [-0.3, -0.25) is 4.79 Å². The Hall–Kier alpha value is -2.80. The number of phenolic OH excluding ortho intramolecular Hbond substituents is 1. The second-order valence-corrected chi connectivity index (χ2v) is 7.01. The van der Waals surface area contributed by atoms with Crippen molar-refractivity contribution in [1.29, 1.82) is 0 Å². The van der Waals surface area contributed by atoms with E-state index in [1.165, 1.54) is 0 Å². The SMILES string of the molecule is COc1ccc(N2CC3(CCN(c4ccc(O)cc4)CC3)OCC2=O)cn1. The van der Waals surface area contributed by atoms with Crippen LogP contribution < -0.4 is 14.5 Å². The van der Waals surface area contributed by atoms with Crippen LogP contribution in [0.1, 0.15) is 12.8 Å². The van der Waals surface area contributed by atoms with Gasteiger partial charge in [0.15, 0.2) is 0 Å². The highest BCUT2D eigenvalue weighted by atomic mass is 16.5. The maximum Gasteiger partial charge on any atom is 0.253 e. The Labute approximate surface area is 158 Å². The number of carbonyl (C=O) groups is 1. The summed E-state index contributed by atoms with van der Waals surface area (Å²) in [7, 11) is 1.57. The lowest BCUT2D eigenvalue weighted by molar-refractivity contribution is -0.141. The van der Waals surface area contributed by atoms with Crippen LogP contribution in [0.2, 0.25) is 0 Å². The number of pyridine rings is 1. The Bertz CT molecular complexity index is 799. The van der Waals surface area contributed by atoms with E-state index in [0.29, 0.717) is 12.4 Å². The number of carbonyl (C=O) groups excluding carboxylic acids is 1. The molecule has 1 aromatic carbocycles. The predicted octanol–water partition coefficient (Wildman–Crippen LogP) is 2.20. The zero-order valence-electron chi connectivity index (χ0n) is 15.3. The first-order valence-corrected chi connectivity index (χ1v) is 9.07. The fraction of sp³-hybridized carbons (Fsp3) is 0.400. The number of amides is 1. The van der Waals surface area contributed by atoms with Crippen molar-refractivity contribution in [3.05, 3.63) is 42.6 Å². The van der Waals surface area contributed by atoms with Crippen molar-refractivity contribution < 1.29 is 19.4 Å². The number of hydrogen-bond donors (Lipinski definition) is 1. The number of methoxy groups -OCH3 is 1. The third kappa shape index (κ3) is 3.55. The summed E-state index contributed by atoms with van der Waals surface area (Å²) >= 11 is 0. The number of hydrogen-bond acceptors (Lipinski definition) is 6. The van der Waals surface area contributed by atoms with Gasteiger partial charge in [-0.15, -0.1) is 0 Å². The highest BCUT2D eigenvalue weighted by Crippen LogP contribution is 2.34. The normalized spacial score (nSPS) is 19.4. The van der Waals surface area contributed by atoms with Crippen LogP contribution in [0.15, 0.2) is 42.6 Å². The summed E-state index contributed by atoms with van der Waals surface area (Å²) in [4.78, 5) is 20.7. The van der Waals surface area contributed by atoms with E-state index in [1.807, 2.05) is 18.2 Å². The minimum Gasteiger partial charge on any atom is -0.508 e. The quantitative estimate of drug-likeness (QED) is 0.894. The molecule has 1 spiro atoms. The van der Waals surface area contributed by atoms with Gasteiger partial charge in [-0.25, -0.2) is 4.98 Å². The highest BCUT2D eigenvalue weighted by molar-refractivity contribution is 5.95. The van der Waals surface area contributed by atoms with Gasteiger partial charge in [0.05, 0.1) is 31.1 Å². The number of benzene rings is 1. The molecule has 0 bridgehead atoms. The zero-order valence-corrected chi connectivity index (χ0v) is 15.3. The lowest BCUT2D eigenvalue weighted by atomic mass is 9.88. The number of rotatable bonds is 3. The standard InChI is InChI=1S/C20H23N3O4/c1-26-18-7-4-16(12-21-18)23-14-20(27-13-19(23)25)8-10-22(11-9-20)15-2-5-17(24)6-3-15/h2-7,12,24H,8-11,13-14H2,1H3. The smallest absolute Gasteiger partial charge is 0.253 e. The second kappa shape index (κ2) is 7.08. The van der Waals surface area contributed by atoms with E-state index in [-0.39, 0.29) is 23.9 Å². The summed E-state index contributed by atoms with van der Waals surface area (Å²) in [5.74, 6) is 0.745. The first-order chi connectivity index (χ1) is 13.1. The van der Waals surface area contributed by atoms with E-state index >= 15 is 0 Å². The van der Waals surface area contributed by atoms with Gasteiger partial charge in [0.2, 0.25) is 5.88 Å². The van der Waals surface area contributed by atoms with Gasteiger partial charge < -0.3 is 24.4 Å². The highest BCUT2D eigenvalue weighted by Gasteiger charge is 2.42. The first-order valence-electron chi connectivity index (χ1n) is 9.07. The molecule has 1 aromatic heterocycles. The fourth-order valence-corrected chi connectivity index (χ4v) is 3.74. The summed E-state index contributed by atoms with van der Waals surface area (Å²) in [6.45, 7) is 2.30. The summed E-state index contributed by atoms with van der Waals surface area (Å²) in [6, 6.07) is 10.9. The Morgan fingerprint density at radius 1 is 1.11 bits per heavy atom. The van der Waals surface area contributed by atoms with Gasteiger partial charge >= 0.3 is 0 Å². The molecule has 1 N–H and O–H groups in total. The van der Waals surface area contributed by atoms with Crippen molar-refractivity contribution in [3.8, 4) is 11.6 Å². The lowest BCUT2D eigenvalue weighted by Gasteiger charge is -2.47. The molecule has 0 aliphatic carbocycles. The molecule has 0 atom stereocenters. The van der Waals surface area contributed by atoms with Crippen LogP contribution in [0.5, 0.6) is 11.6 Å². The molecule has 7 nitrogen and oxygen atoms in total.